The zero-order valence-electron chi connectivity index (χ0n) is 13.6. The van der Waals surface area contributed by atoms with Crippen LogP contribution < -0.4 is 20.1 Å². The van der Waals surface area contributed by atoms with Crippen LogP contribution in [0, 0.1) is 0 Å². The van der Waals surface area contributed by atoms with Gasteiger partial charge in [0.25, 0.3) is 0 Å². The number of benzene rings is 1. The van der Waals surface area contributed by atoms with Gasteiger partial charge in [0.15, 0.2) is 18.2 Å². The highest BCUT2D eigenvalue weighted by molar-refractivity contribution is 5.73. The number of hydrogen-bond donors (Lipinski definition) is 2. The molecule has 0 heterocycles. The molecule has 1 aromatic carbocycles. The van der Waals surface area contributed by atoms with Gasteiger partial charge < -0.3 is 24.8 Å². The van der Waals surface area contributed by atoms with Gasteiger partial charge in [0.1, 0.15) is 0 Å². The number of ether oxygens (including phenoxy) is 3. The van der Waals surface area contributed by atoms with E-state index in [0.717, 1.165) is 6.42 Å². The van der Waals surface area contributed by atoms with Crippen LogP contribution in [0.3, 0.4) is 0 Å². The van der Waals surface area contributed by atoms with Crippen molar-refractivity contribution in [2.45, 2.75) is 33.3 Å². The van der Waals surface area contributed by atoms with Crippen molar-refractivity contribution in [2.24, 2.45) is 0 Å². The van der Waals surface area contributed by atoms with Crippen molar-refractivity contribution in [2.75, 3.05) is 26.5 Å². The lowest BCUT2D eigenvalue weighted by Crippen LogP contribution is -2.38. The van der Waals surface area contributed by atoms with Gasteiger partial charge in [0.2, 0.25) is 0 Å². The number of rotatable bonds is 10. The summed E-state index contributed by atoms with van der Waals surface area (Å²) in [5, 5.41) is 5.37. The molecule has 0 unspecified atom stereocenters. The van der Waals surface area contributed by atoms with Crippen molar-refractivity contribution in [3.8, 4) is 11.5 Å². The Morgan fingerprint density at radius 2 is 1.82 bits per heavy atom. The molecule has 0 aliphatic rings. The summed E-state index contributed by atoms with van der Waals surface area (Å²) in [4.78, 5) is 11.6. The number of carbonyl (C=O) groups is 1. The molecular formula is C16H26N2O4. The van der Waals surface area contributed by atoms with Crippen LogP contribution in [0.2, 0.25) is 0 Å². The Bertz CT molecular complexity index is 438. The molecule has 124 valence electrons. The van der Waals surface area contributed by atoms with Crippen molar-refractivity contribution in [1.29, 1.82) is 0 Å². The third-order valence-corrected chi connectivity index (χ3v) is 2.67. The maximum absolute atomic E-state index is 11.6. The lowest BCUT2D eigenvalue weighted by Gasteiger charge is -2.12. The summed E-state index contributed by atoms with van der Waals surface area (Å²) < 4.78 is 16.3. The minimum absolute atomic E-state index is 0.0818. The van der Waals surface area contributed by atoms with E-state index in [1.165, 1.54) is 0 Å². The van der Waals surface area contributed by atoms with Crippen molar-refractivity contribution in [3.05, 3.63) is 24.3 Å². The van der Waals surface area contributed by atoms with Gasteiger partial charge in [-0.2, -0.15) is 0 Å². The Kier molecular flexibility index (Phi) is 8.83. The van der Waals surface area contributed by atoms with E-state index in [-0.39, 0.29) is 18.9 Å². The number of para-hydroxylation sites is 2. The Hall–Kier alpha value is -1.95. The summed E-state index contributed by atoms with van der Waals surface area (Å²) in [6, 6.07) is 7.09. The zero-order valence-corrected chi connectivity index (χ0v) is 13.6. The van der Waals surface area contributed by atoms with Crippen LogP contribution in [0.4, 0.5) is 4.79 Å². The third kappa shape index (κ3) is 7.73. The van der Waals surface area contributed by atoms with Gasteiger partial charge in [-0.3, -0.25) is 0 Å². The molecule has 1 aromatic rings. The molecule has 2 amide bonds. The second-order valence-electron chi connectivity index (χ2n) is 4.87. The maximum atomic E-state index is 11.6. The highest BCUT2D eigenvalue weighted by Crippen LogP contribution is 2.25. The minimum Gasteiger partial charge on any atom is -0.490 e. The minimum atomic E-state index is -0.265. The molecule has 0 saturated heterocycles. The van der Waals surface area contributed by atoms with Gasteiger partial charge in [-0.25, -0.2) is 4.79 Å². The average Bonchev–Trinajstić information content (AvgIpc) is 2.48. The Balaban J connectivity index is 2.17. The lowest BCUT2D eigenvalue weighted by atomic mass is 10.3. The van der Waals surface area contributed by atoms with Crippen LogP contribution in [0.5, 0.6) is 11.5 Å². The Morgan fingerprint density at radius 3 is 2.45 bits per heavy atom. The largest absolute Gasteiger partial charge is 0.490 e. The van der Waals surface area contributed by atoms with Crippen LogP contribution >= 0.6 is 0 Å². The molecule has 0 spiro atoms. The van der Waals surface area contributed by atoms with E-state index in [9.17, 15) is 4.79 Å². The summed E-state index contributed by atoms with van der Waals surface area (Å²) >= 11 is 0. The molecule has 0 fully saturated rings. The first kappa shape index (κ1) is 18.1. The number of urea groups is 1. The molecule has 0 aliphatic carbocycles. The number of amides is 2. The molecule has 0 aliphatic heterocycles. The number of hydrogen-bond acceptors (Lipinski definition) is 4. The quantitative estimate of drug-likeness (QED) is 0.515. The van der Waals surface area contributed by atoms with Gasteiger partial charge in [0.05, 0.1) is 12.7 Å². The highest BCUT2D eigenvalue weighted by atomic mass is 16.5. The predicted octanol–water partition coefficient (Wildman–Crippen LogP) is 2.54. The first-order valence-electron chi connectivity index (χ1n) is 7.61. The molecule has 22 heavy (non-hydrogen) atoms. The van der Waals surface area contributed by atoms with Crippen LogP contribution in [0.25, 0.3) is 0 Å². The summed E-state index contributed by atoms with van der Waals surface area (Å²) in [5.41, 5.74) is 0. The molecule has 0 saturated carbocycles. The summed E-state index contributed by atoms with van der Waals surface area (Å²) in [5.74, 6) is 1.27. The number of nitrogens with one attached hydrogen (secondary N) is 2. The van der Waals surface area contributed by atoms with Crippen molar-refractivity contribution in [3.63, 3.8) is 0 Å². The Morgan fingerprint density at radius 1 is 1.14 bits per heavy atom. The van der Waals surface area contributed by atoms with Crippen molar-refractivity contribution >= 4 is 6.03 Å². The second kappa shape index (κ2) is 10.7. The third-order valence-electron chi connectivity index (χ3n) is 2.67. The van der Waals surface area contributed by atoms with E-state index in [1.54, 1.807) is 6.07 Å². The predicted molar refractivity (Wildman–Crippen MR) is 85.3 cm³/mol. The monoisotopic (exact) mass is 310 g/mol. The van der Waals surface area contributed by atoms with E-state index in [0.29, 0.717) is 31.3 Å². The van der Waals surface area contributed by atoms with Gasteiger partial charge in [0, 0.05) is 13.2 Å². The molecule has 2 N–H and O–H groups in total. The molecule has 0 atom stereocenters. The van der Waals surface area contributed by atoms with E-state index < -0.39 is 0 Å². The first-order valence-corrected chi connectivity index (χ1v) is 7.61. The fourth-order valence-electron chi connectivity index (χ4n) is 1.68. The van der Waals surface area contributed by atoms with Gasteiger partial charge in [-0.05, 0) is 39.3 Å². The van der Waals surface area contributed by atoms with Crippen molar-refractivity contribution in [1.82, 2.24) is 10.6 Å². The van der Waals surface area contributed by atoms with E-state index in [2.05, 4.69) is 10.6 Å². The summed E-state index contributed by atoms with van der Waals surface area (Å²) in [7, 11) is 0. The van der Waals surface area contributed by atoms with E-state index in [1.807, 2.05) is 39.0 Å². The molecule has 0 bridgehead atoms. The van der Waals surface area contributed by atoms with Gasteiger partial charge >= 0.3 is 6.03 Å². The van der Waals surface area contributed by atoms with E-state index in [4.69, 9.17) is 14.2 Å². The molecule has 6 nitrogen and oxygen atoms in total. The van der Waals surface area contributed by atoms with Crippen molar-refractivity contribution < 1.29 is 19.0 Å². The Labute approximate surface area is 132 Å². The maximum Gasteiger partial charge on any atom is 0.317 e. The van der Waals surface area contributed by atoms with Crippen LogP contribution in [-0.4, -0.2) is 38.6 Å². The zero-order chi connectivity index (χ0) is 16.2. The average molecular weight is 310 g/mol. The molecule has 1 rings (SSSR count). The summed E-state index contributed by atoms with van der Waals surface area (Å²) in [6.07, 6.45) is 0.993. The normalized spacial score (nSPS) is 10.4. The highest BCUT2D eigenvalue weighted by Gasteiger charge is 2.04. The molecule has 0 aromatic heterocycles. The standard InChI is InChI=1S/C16H26N2O4/c1-4-20-14-8-5-6-9-15(14)22-12-18-16(19)17-10-7-11-21-13(2)3/h5-6,8-9,13H,4,7,10-12H2,1-3H3,(H2,17,18,19). The van der Waals surface area contributed by atoms with Crippen LogP contribution in [-0.2, 0) is 4.74 Å². The summed E-state index contributed by atoms with van der Waals surface area (Å²) in [6.45, 7) is 7.72. The smallest absolute Gasteiger partial charge is 0.317 e. The fourth-order valence-corrected chi connectivity index (χ4v) is 1.68. The number of carbonyl (C=O) groups excluding carboxylic acids is 1. The topological polar surface area (TPSA) is 68.8 Å². The fraction of sp³-hybridized carbons (Fsp3) is 0.562. The first-order chi connectivity index (χ1) is 10.6. The second-order valence-corrected chi connectivity index (χ2v) is 4.87. The molecule has 0 radical (unpaired) electrons. The van der Waals surface area contributed by atoms with Crippen LogP contribution in [0.15, 0.2) is 24.3 Å². The lowest BCUT2D eigenvalue weighted by molar-refractivity contribution is 0.0774. The SMILES string of the molecule is CCOc1ccccc1OCNC(=O)NCCCOC(C)C. The van der Waals surface area contributed by atoms with Crippen LogP contribution in [0.1, 0.15) is 27.2 Å². The molecule has 6 heteroatoms. The van der Waals surface area contributed by atoms with E-state index >= 15 is 0 Å². The molecular weight excluding hydrogens is 284 g/mol. The van der Waals surface area contributed by atoms with Gasteiger partial charge in [-0.1, -0.05) is 12.1 Å². The van der Waals surface area contributed by atoms with Gasteiger partial charge in [-0.15, -0.1) is 0 Å².